The van der Waals surface area contributed by atoms with Crippen LogP contribution >= 0.6 is 0 Å². The van der Waals surface area contributed by atoms with E-state index in [4.69, 9.17) is 0 Å². The Morgan fingerprint density at radius 2 is 2.00 bits per heavy atom. The van der Waals surface area contributed by atoms with Crippen LogP contribution in [0.1, 0.15) is 19.4 Å². The van der Waals surface area contributed by atoms with E-state index in [-0.39, 0.29) is 12.5 Å². The highest BCUT2D eigenvalue weighted by Gasteiger charge is 2.08. The summed E-state index contributed by atoms with van der Waals surface area (Å²) in [6.45, 7) is 5.18. The molecule has 2 N–H and O–H groups in total. The summed E-state index contributed by atoms with van der Waals surface area (Å²) in [5, 5.41) is 5.86. The Morgan fingerprint density at radius 1 is 1.39 bits per heavy atom. The van der Waals surface area contributed by atoms with Gasteiger partial charge in [0.25, 0.3) is 0 Å². The molecule has 0 aliphatic heterocycles. The Kier molecular flexibility index (Phi) is 5.51. The summed E-state index contributed by atoms with van der Waals surface area (Å²) in [5.41, 5.74) is 1.03. The van der Waals surface area contributed by atoms with Crippen LogP contribution in [0.15, 0.2) is 12.4 Å². The maximum absolute atomic E-state index is 11.2. The van der Waals surface area contributed by atoms with Gasteiger partial charge in [0.05, 0.1) is 6.54 Å². The molecule has 0 aliphatic rings. The summed E-state index contributed by atoms with van der Waals surface area (Å²) >= 11 is 0. The van der Waals surface area contributed by atoms with Gasteiger partial charge in [-0.05, 0) is 0 Å². The van der Waals surface area contributed by atoms with E-state index in [0.29, 0.717) is 12.0 Å². The summed E-state index contributed by atoms with van der Waals surface area (Å²) in [4.78, 5) is 21.4. The predicted octanol–water partition coefficient (Wildman–Crippen LogP) is 0.157. The zero-order valence-corrected chi connectivity index (χ0v) is 11.4. The van der Waals surface area contributed by atoms with Crippen molar-refractivity contribution >= 4 is 11.9 Å². The topological polar surface area (TPSA) is 70.2 Å². The van der Waals surface area contributed by atoms with E-state index in [2.05, 4.69) is 34.4 Å². The van der Waals surface area contributed by atoms with Gasteiger partial charge in [0, 0.05) is 44.6 Å². The van der Waals surface area contributed by atoms with E-state index in [1.54, 1.807) is 31.4 Å². The van der Waals surface area contributed by atoms with Crippen molar-refractivity contribution in [2.45, 2.75) is 26.4 Å². The number of hydrogen-bond donors (Lipinski definition) is 2. The number of anilines is 1. The Balaban J connectivity index is 2.56. The molecule has 0 radical (unpaired) electrons. The summed E-state index contributed by atoms with van der Waals surface area (Å²) < 4.78 is 0. The van der Waals surface area contributed by atoms with Crippen LogP contribution in [0.5, 0.6) is 0 Å². The molecule has 6 heteroatoms. The first-order chi connectivity index (χ1) is 8.52. The summed E-state index contributed by atoms with van der Waals surface area (Å²) in [6.07, 6.45) is 3.55. The maximum atomic E-state index is 11.2. The number of carbonyl (C=O) groups is 1. The zero-order chi connectivity index (χ0) is 13.5. The minimum absolute atomic E-state index is 0.0633. The summed E-state index contributed by atoms with van der Waals surface area (Å²) in [6, 6.07) is 0.431. The molecular formula is C12H21N5O. The van der Waals surface area contributed by atoms with Gasteiger partial charge < -0.3 is 15.5 Å². The number of carbonyl (C=O) groups excluding carboxylic acids is 1. The number of hydrogen-bond acceptors (Lipinski definition) is 5. The van der Waals surface area contributed by atoms with Gasteiger partial charge in [-0.3, -0.25) is 4.79 Å². The van der Waals surface area contributed by atoms with Crippen molar-refractivity contribution in [1.82, 2.24) is 20.6 Å². The minimum atomic E-state index is -0.0633. The molecule has 1 aromatic rings. The van der Waals surface area contributed by atoms with Crippen molar-refractivity contribution in [2.75, 3.05) is 25.5 Å². The fraction of sp³-hybridized carbons (Fsp3) is 0.583. The molecule has 0 aromatic carbocycles. The second kappa shape index (κ2) is 6.90. The molecule has 0 saturated heterocycles. The summed E-state index contributed by atoms with van der Waals surface area (Å²) in [7, 11) is 3.40. The van der Waals surface area contributed by atoms with Crippen LogP contribution in [0, 0.1) is 0 Å². The Bertz CT molecular complexity index is 377. The van der Waals surface area contributed by atoms with E-state index < -0.39 is 0 Å². The normalized spacial score (nSPS) is 10.5. The number of likely N-dealkylation sites (N-methyl/N-ethyl adjacent to an activating group) is 2. The van der Waals surface area contributed by atoms with Gasteiger partial charge in [-0.15, -0.1) is 0 Å². The van der Waals surface area contributed by atoms with Crippen molar-refractivity contribution in [2.24, 2.45) is 0 Å². The smallest absolute Gasteiger partial charge is 0.239 e. The van der Waals surface area contributed by atoms with Gasteiger partial charge >= 0.3 is 0 Å². The molecule has 1 rings (SSSR count). The molecule has 0 aliphatic carbocycles. The van der Waals surface area contributed by atoms with Crippen molar-refractivity contribution in [3.05, 3.63) is 18.0 Å². The molecule has 1 heterocycles. The molecule has 0 unspecified atom stereocenters. The number of rotatable bonds is 6. The molecule has 0 fully saturated rings. The van der Waals surface area contributed by atoms with E-state index in [0.717, 1.165) is 12.1 Å². The van der Waals surface area contributed by atoms with Crippen molar-refractivity contribution in [3.63, 3.8) is 0 Å². The lowest BCUT2D eigenvalue weighted by atomic mass is 10.3. The quantitative estimate of drug-likeness (QED) is 0.753. The number of amides is 1. The van der Waals surface area contributed by atoms with Gasteiger partial charge in [0.2, 0.25) is 11.9 Å². The van der Waals surface area contributed by atoms with Crippen molar-refractivity contribution in [1.29, 1.82) is 0 Å². The molecular weight excluding hydrogens is 230 g/mol. The molecule has 100 valence electrons. The zero-order valence-electron chi connectivity index (χ0n) is 11.4. The molecule has 0 saturated carbocycles. The molecule has 0 spiro atoms. The highest BCUT2D eigenvalue weighted by molar-refractivity contribution is 5.80. The van der Waals surface area contributed by atoms with Gasteiger partial charge in [0.1, 0.15) is 0 Å². The Hall–Kier alpha value is -1.69. The molecule has 0 atom stereocenters. The number of aromatic nitrogens is 2. The average Bonchev–Trinajstić information content (AvgIpc) is 2.36. The summed E-state index contributed by atoms with van der Waals surface area (Å²) in [5.74, 6) is 0.485. The molecule has 1 aromatic heterocycles. The third kappa shape index (κ3) is 4.67. The minimum Gasteiger partial charge on any atom is -0.358 e. The highest BCUT2D eigenvalue weighted by atomic mass is 16.1. The maximum Gasteiger partial charge on any atom is 0.239 e. The van der Waals surface area contributed by atoms with Gasteiger partial charge in [-0.25, -0.2) is 9.97 Å². The first-order valence-corrected chi connectivity index (χ1v) is 5.99. The fourth-order valence-corrected chi connectivity index (χ4v) is 1.32. The van der Waals surface area contributed by atoms with E-state index in [9.17, 15) is 4.79 Å². The first kappa shape index (κ1) is 14.4. The van der Waals surface area contributed by atoms with Crippen molar-refractivity contribution < 1.29 is 4.79 Å². The molecule has 18 heavy (non-hydrogen) atoms. The standard InChI is InChI=1S/C12H21N5O/c1-9(2)14-5-10-6-15-12(16-7-10)17(4)8-11(18)13-3/h6-7,9,14H,5,8H2,1-4H3,(H,13,18). The van der Waals surface area contributed by atoms with Crippen LogP contribution in [0.3, 0.4) is 0 Å². The Labute approximate surface area is 108 Å². The first-order valence-electron chi connectivity index (χ1n) is 5.99. The molecule has 6 nitrogen and oxygen atoms in total. The van der Waals surface area contributed by atoms with Crippen LogP contribution in [0.4, 0.5) is 5.95 Å². The van der Waals surface area contributed by atoms with E-state index >= 15 is 0 Å². The van der Waals surface area contributed by atoms with E-state index in [1.807, 2.05) is 0 Å². The fourth-order valence-electron chi connectivity index (χ4n) is 1.32. The van der Waals surface area contributed by atoms with Crippen LogP contribution in [-0.2, 0) is 11.3 Å². The van der Waals surface area contributed by atoms with Crippen LogP contribution < -0.4 is 15.5 Å². The van der Waals surface area contributed by atoms with Gasteiger partial charge in [-0.2, -0.15) is 0 Å². The largest absolute Gasteiger partial charge is 0.358 e. The number of nitrogens with one attached hydrogen (secondary N) is 2. The van der Waals surface area contributed by atoms with Crippen LogP contribution in [0.25, 0.3) is 0 Å². The molecule has 0 bridgehead atoms. The lowest BCUT2D eigenvalue weighted by Crippen LogP contribution is -2.33. The predicted molar refractivity (Wildman–Crippen MR) is 71.3 cm³/mol. The number of nitrogens with zero attached hydrogens (tertiary/aromatic N) is 3. The second-order valence-electron chi connectivity index (χ2n) is 4.46. The molecule has 1 amide bonds. The second-order valence-corrected chi connectivity index (χ2v) is 4.46. The van der Waals surface area contributed by atoms with Gasteiger partial charge in [0.15, 0.2) is 0 Å². The van der Waals surface area contributed by atoms with Crippen LogP contribution in [-0.4, -0.2) is 42.6 Å². The van der Waals surface area contributed by atoms with Gasteiger partial charge in [-0.1, -0.05) is 13.8 Å². The monoisotopic (exact) mass is 251 g/mol. The lowest BCUT2D eigenvalue weighted by Gasteiger charge is -2.16. The average molecular weight is 251 g/mol. The Morgan fingerprint density at radius 3 is 2.50 bits per heavy atom. The third-order valence-corrected chi connectivity index (χ3v) is 2.41. The lowest BCUT2D eigenvalue weighted by molar-refractivity contribution is -0.119. The SMILES string of the molecule is CNC(=O)CN(C)c1ncc(CNC(C)C)cn1. The van der Waals surface area contributed by atoms with E-state index in [1.165, 1.54) is 0 Å². The highest BCUT2D eigenvalue weighted by Crippen LogP contribution is 2.04. The van der Waals surface area contributed by atoms with Crippen LogP contribution in [0.2, 0.25) is 0 Å². The van der Waals surface area contributed by atoms with Crippen molar-refractivity contribution in [3.8, 4) is 0 Å². The third-order valence-electron chi connectivity index (χ3n) is 2.41.